The zero-order valence-electron chi connectivity index (χ0n) is 6.14. The van der Waals surface area contributed by atoms with Crippen LogP contribution in [0.5, 0.6) is 0 Å². The number of rotatable bonds is 1. The van der Waals surface area contributed by atoms with Gasteiger partial charge in [-0.05, 0) is 23.7 Å². The van der Waals surface area contributed by atoms with Crippen LogP contribution >= 0.6 is 24.0 Å². The van der Waals surface area contributed by atoms with Crippen LogP contribution in [0.2, 0.25) is 5.22 Å². The molecule has 1 aromatic rings. The summed E-state index contributed by atoms with van der Waals surface area (Å²) in [5.74, 6) is -0.382. The Morgan fingerprint density at radius 1 is 1.38 bits per heavy atom. The molecule has 2 N–H and O–H groups in total. The Morgan fingerprint density at radius 3 is 2.23 bits per heavy atom. The molecule has 0 saturated carbocycles. The quantitative estimate of drug-likeness (QED) is 0.814. The second-order valence-corrected chi connectivity index (χ2v) is 2.53. The highest BCUT2D eigenvalue weighted by Crippen LogP contribution is 2.31. The van der Waals surface area contributed by atoms with Crippen LogP contribution in [0.1, 0.15) is 11.8 Å². The number of alkyl halides is 3. The maximum Gasteiger partial charge on any atom is 0.410 e. The summed E-state index contributed by atoms with van der Waals surface area (Å²) in [6.07, 6.45) is -4.50. The van der Waals surface area contributed by atoms with Crippen molar-refractivity contribution in [3.63, 3.8) is 0 Å². The summed E-state index contributed by atoms with van der Waals surface area (Å²) in [4.78, 5) is 0. The zero-order valence-corrected chi connectivity index (χ0v) is 7.71. The average molecular weight is 236 g/mol. The molecule has 0 fully saturated rings. The lowest BCUT2D eigenvalue weighted by Crippen LogP contribution is -2.27. The highest BCUT2D eigenvalue weighted by molar-refractivity contribution is 6.28. The van der Waals surface area contributed by atoms with Crippen molar-refractivity contribution in [3.05, 3.63) is 23.1 Å². The highest BCUT2D eigenvalue weighted by atomic mass is 35.5. The van der Waals surface area contributed by atoms with E-state index in [0.29, 0.717) is 0 Å². The molecule has 76 valence electrons. The molecule has 13 heavy (non-hydrogen) atoms. The van der Waals surface area contributed by atoms with Crippen molar-refractivity contribution in [2.75, 3.05) is 0 Å². The molecule has 0 amide bonds. The first-order valence-electron chi connectivity index (χ1n) is 2.99. The molecule has 0 bridgehead atoms. The van der Waals surface area contributed by atoms with E-state index in [-0.39, 0.29) is 23.4 Å². The van der Waals surface area contributed by atoms with Crippen LogP contribution < -0.4 is 5.73 Å². The SMILES string of the molecule is Cl.N[C@@H](c1ccc(Cl)o1)C(F)(F)F. The normalized spacial score (nSPS) is 13.6. The van der Waals surface area contributed by atoms with Gasteiger partial charge in [-0.15, -0.1) is 12.4 Å². The molecule has 1 rings (SSSR count). The van der Waals surface area contributed by atoms with Crippen LogP contribution in [-0.2, 0) is 0 Å². The summed E-state index contributed by atoms with van der Waals surface area (Å²) < 4.78 is 40.2. The van der Waals surface area contributed by atoms with E-state index < -0.39 is 12.2 Å². The molecule has 0 spiro atoms. The Labute approximate surface area is 83.2 Å². The standard InChI is InChI=1S/C6H5ClF3NO.ClH/c7-4-2-1-3(12-4)5(11)6(8,9)10;/h1-2,5H,11H2;1H/t5-;/m0./s1. The van der Waals surface area contributed by atoms with Crippen molar-refractivity contribution in [1.29, 1.82) is 0 Å². The first-order valence-corrected chi connectivity index (χ1v) is 3.36. The van der Waals surface area contributed by atoms with E-state index in [9.17, 15) is 13.2 Å². The van der Waals surface area contributed by atoms with Crippen LogP contribution in [0.15, 0.2) is 16.5 Å². The predicted molar refractivity (Wildman–Crippen MR) is 43.9 cm³/mol. The molecule has 2 nitrogen and oxygen atoms in total. The first-order chi connectivity index (χ1) is 5.41. The molecule has 7 heteroatoms. The fourth-order valence-electron chi connectivity index (χ4n) is 0.657. The molecule has 1 heterocycles. The summed E-state index contributed by atoms with van der Waals surface area (Å²) in [5.41, 5.74) is 4.81. The van der Waals surface area contributed by atoms with E-state index in [1.165, 1.54) is 6.07 Å². The second-order valence-electron chi connectivity index (χ2n) is 2.16. The molecule has 0 aliphatic rings. The molecular weight excluding hydrogens is 230 g/mol. The molecule has 0 aromatic carbocycles. The van der Waals surface area contributed by atoms with Crippen LogP contribution in [0.3, 0.4) is 0 Å². The third-order valence-corrected chi connectivity index (χ3v) is 1.46. The summed E-state index contributed by atoms with van der Waals surface area (Å²) >= 11 is 5.26. The maximum atomic E-state index is 11.9. The van der Waals surface area contributed by atoms with Gasteiger partial charge in [-0.25, -0.2) is 0 Å². The predicted octanol–water partition coefficient (Wildman–Crippen LogP) is 2.92. The zero-order chi connectivity index (χ0) is 9.35. The van der Waals surface area contributed by atoms with Gasteiger partial charge in [0, 0.05) is 0 Å². The van der Waals surface area contributed by atoms with Crippen molar-refractivity contribution in [1.82, 2.24) is 0 Å². The number of hydrogen-bond donors (Lipinski definition) is 1. The third kappa shape index (κ3) is 3.10. The smallest absolute Gasteiger partial charge is 0.410 e. The first kappa shape index (κ1) is 12.6. The van der Waals surface area contributed by atoms with Crippen LogP contribution in [0.25, 0.3) is 0 Å². The Hall–Kier alpha value is -0.390. The van der Waals surface area contributed by atoms with Crippen molar-refractivity contribution >= 4 is 24.0 Å². The molecule has 0 unspecified atom stereocenters. The minimum absolute atomic E-state index is 0. The van der Waals surface area contributed by atoms with Crippen molar-refractivity contribution in [2.24, 2.45) is 5.73 Å². The van der Waals surface area contributed by atoms with Crippen molar-refractivity contribution in [3.8, 4) is 0 Å². The average Bonchev–Trinajstić information content (AvgIpc) is 2.32. The molecule has 1 aromatic heterocycles. The Bertz CT molecular complexity index is 273. The molecule has 0 aliphatic carbocycles. The van der Waals surface area contributed by atoms with Gasteiger partial charge in [0.15, 0.2) is 11.3 Å². The van der Waals surface area contributed by atoms with Gasteiger partial charge in [-0.2, -0.15) is 13.2 Å². The largest absolute Gasteiger partial charge is 0.448 e. The third-order valence-electron chi connectivity index (χ3n) is 1.25. The topological polar surface area (TPSA) is 39.2 Å². The van der Waals surface area contributed by atoms with Gasteiger partial charge in [0.2, 0.25) is 0 Å². The van der Waals surface area contributed by atoms with Crippen LogP contribution in [-0.4, -0.2) is 6.18 Å². The van der Waals surface area contributed by atoms with Gasteiger partial charge in [-0.3, -0.25) is 0 Å². The van der Waals surface area contributed by atoms with E-state index in [4.69, 9.17) is 17.3 Å². The maximum absolute atomic E-state index is 11.9. The number of hydrogen-bond acceptors (Lipinski definition) is 2. The van der Waals surface area contributed by atoms with Gasteiger partial charge in [0.05, 0.1) is 0 Å². The second kappa shape index (κ2) is 4.21. The van der Waals surface area contributed by atoms with Gasteiger partial charge >= 0.3 is 6.18 Å². The van der Waals surface area contributed by atoms with E-state index in [2.05, 4.69) is 4.42 Å². The lowest BCUT2D eigenvalue weighted by atomic mass is 10.2. The van der Waals surface area contributed by atoms with Crippen molar-refractivity contribution < 1.29 is 17.6 Å². The van der Waals surface area contributed by atoms with Crippen LogP contribution in [0.4, 0.5) is 13.2 Å². The number of nitrogens with two attached hydrogens (primary N) is 1. The summed E-state index contributed by atoms with van der Waals surface area (Å²) in [6.45, 7) is 0. The summed E-state index contributed by atoms with van der Waals surface area (Å²) in [5, 5.41) is -0.107. The molecular formula is C6H6Cl2F3NO. The minimum atomic E-state index is -4.50. The summed E-state index contributed by atoms with van der Waals surface area (Å²) in [7, 11) is 0. The van der Waals surface area contributed by atoms with Crippen LogP contribution in [0, 0.1) is 0 Å². The highest BCUT2D eigenvalue weighted by Gasteiger charge is 2.39. The lowest BCUT2D eigenvalue weighted by molar-refractivity contribution is -0.152. The Kier molecular flexibility index (Phi) is 4.09. The molecule has 1 atom stereocenters. The molecule has 0 radical (unpaired) electrons. The fraction of sp³-hybridized carbons (Fsp3) is 0.333. The van der Waals surface area contributed by atoms with Gasteiger partial charge in [-0.1, -0.05) is 0 Å². The van der Waals surface area contributed by atoms with Crippen molar-refractivity contribution in [2.45, 2.75) is 12.2 Å². The Morgan fingerprint density at radius 2 is 1.92 bits per heavy atom. The van der Waals surface area contributed by atoms with Gasteiger partial charge < -0.3 is 10.2 Å². The van der Waals surface area contributed by atoms with E-state index >= 15 is 0 Å². The van der Waals surface area contributed by atoms with Gasteiger partial charge in [0.25, 0.3) is 0 Å². The summed E-state index contributed by atoms with van der Waals surface area (Å²) in [6, 6.07) is 0.202. The molecule has 0 aliphatic heterocycles. The van der Waals surface area contributed by atoms with E-state index in [0.717, 1.165) is 6.07 Å². The van der Waals surface area contributed by atoms with E-state index in [1.54, 1.807) is 0 Å². The Balaban J connectivity index is 0.00000144. The monoisotopic (exact) mass is 235 g/mol. The number of halogens is 5. The lowest BCUT2D eigenvalue weighted by Gasteiger charge is -2.11. The van der Waals surface area contributed by atoms with Gasteiger partial charge in [0.1, 0.15) is 5.76 Å². The van der Waals surface area contributed by atoms with E-state index in [1.807, 2.05) is 0 Å². The minimum Gasteiger partial charge on any atom is -0.448 e. The number of furan rings is 1. The molecule has 0 saturated heterocycles. The fourth-order valence-corrected chi connectivity index (χ4v) is 0.809.